The van der Waals surface area contributed by atoms with Gasteiger partial charge in [-0.05, 0) is 60.5 Å². The van der Waals surface area contributed by atoms with E-state index in [1.54, 1.807) is 12.1 Å². The first-order valence-corrected chi connectivity index (χ1v) is 13.4. The van der Waals surface area contributed by atoms with Crippen molar-refractivity contribution in [3.05, 3.63) is 97.4 Å². The summed E-state index contributed by atoms with van der Waals surface area (Å²) in [5, 5.41) is 1.06. The van der Waals surface area contributed by atoms with Gasteiger partial charge in [-0.2, -0.15) is 0 Å². The molecule has 0 aliphatic rings. The molecule has 11 heteroatoms. The van der Waals surface area contributed by atoms with Gasteiger partial charge in [-0.15, -0.1) is 0 Å². The van der Waals surface area contributed by atoms with Crippen LogP contribution >= 0.6 is 46.4 Å². The maximum Gasteiger partial charge on any atom is 0.342 e. The lowest BCUT2D eigenvalue weighted by Gasteiger charge is -2.31. The zero-order valence-corrected chi connectivity index (χ0v) is 24.5. The molecule has 0 aliphatic carbocycles. The first kappa shape index (κ1) is 31.0. The van der Waals surface area contributed by atoms with Crippen molar-refractivity contribution in [2.45, 2.75) is 25.9 Å². The highest BCUT2D eigenvalue weighted by molar-refractivity contribution is 6.36. The Kier molecular flexibility index (Phi) is 11.7. The number of nitrogens with zero attached hydrogens (tertiary/aromatic N) is 1. The van der Waals surface area contributed by atoms with Gasteiger partial charge in [-0.25, -0.2) is 9.59 Å². The summed E-state index contributed by atoms with van der Waals surface area (Å²) in [6.45, 7) is 2.18. The van der Waals surface area contributed by atoms with Crippen molar-refractivity contribution in [2.75, 3.05) is 32.2 Å². The predicted molar refractivity (Wildman–Crippen MR) is 153 cm³/mol. The first-order valence-electron chi connectivity index (χ1n) is 11.9. The van der Waals surface area contributed by atoms with Gasteiger partial charge in [-0.1, -0.05) is 65.5 Å². The van der Waals surface area contributed by atoms with Crippen LogP contribution in [0.1, 0.15) is 33.2 Å². The number of rotatable bonds is 12. The van der Waals surface area contributed by atoms with Crippen LogP contribution in [0.4, 0.5) is 5.69 Å². The number of ether oxygens (including phenoxy) is 4. The lowest BCUT2D eigenvalue weighted by atomic mass is 10.1. The van der Waals surface area contributed by atoms with E-state index in [0.29, 0.717) is 10.0 Å². The van der Waals surface area contributed by atoms with Crippen LogP contribution in [0.5, 0.6) is 0 Å². The molecule has 0 heterocycles. The molecule has 0 radical (unpaired) electrons. The topological polar surface area (TPSA) is 74.3 Å². The van der Waals surface area contributed by atoms with Crippen LogP contribution in [0.25, 0.3) is 0 Å². The highest BCUT2D eigenvalue weighted by Crippen LogP contribution is 2.25. The van der Waals surface area contributed by atoms with Crippen LogP contribution in [0, 0.1) is 0 Å². The second-order valence-electron chi connectivity index (χ2n) is 8.32. The Morgan fingerprint density at radius 1 is 0.744 bits per heavy atom. The van der Waals surface area contributed by atoms with Crippen molar-refractivity contribution < 1.29 is 28.5 Å². The Bertz CT molecular complexity index is 1230. The lowest BCUT2D eigenvalue weighted by molar-refractivity contribution is -0.0950. The molecular formula is C28H27Cl4NO6. The van der Waals surface area contributed by atoms with Gasteiger partial charge in [0.2, 0.25) is 12.6 Å². The summed E-state index contributed by atoms with van der Waals surface area (Å²) in [5.74, 6) is -1.41. The Morgan fingerprint density at radius 2 is 1.23 bits per heavy atom. The molecule has 208 valence electrons. The molecule has 0 aliphatic heterocycles. The van der Waals surface area contributed by atoms with E-state index in [1.807, 2.05) is 36.1 Å². The van der Waals surface area contributed by atoms with Crippen molar-refractivity contribution in [1.29, 1.82) is 0 Å². The fourth-order valence-corrected chi connectivity index (χ4v) is 4.35. The maximum atomic E-state index is 12.9. The number of esters is 2. The van der Waals surface area contributed by atoms with E-state index in [0.717, 1.165) is 17.7 Å². The van der Waals surface area contributed by atoms with Crippen LogP contribution in [0.3, 0.4) is 0 Å². The van der Waals surface area contributed by atoms with E-state index >= 15 is 0 Å². The molecule has 0 saturated carbocycles. The van der Waals surface area contributed by atoms with E-state index in [-0.39, 0.29) is 34.3 Å². The smallest absolute Gasteiger partial charge is 0.342 e. The van der Waals surface area contributed by atoms with E-state index < -0.39 is 24.5 Å². The van der Waals surface area contributed by atoms with Crippen LogP contribution < -0.4 is 4.90 Å². The number of anilines is 1. The molecule has 0 bridgehead atoms. The molecule has 3 rings (SSSR count). The molecule has 3 aromatic rings. The lowest BCUT2D eigenvalue weighted by Crippen LogP contribution is -2.42. The minimum Gasteiger partial charge on any atom is -0.430 e. The van der Waals surface area contributed by atoms with Gasteiger partial charge in [-0.3, -0.25) is 0 Å². The molecule has 2 atom stereocenters. The molecule has 3 aromatic carbocycles. The summed E-state index contributed by atoms with van der Waals surface area (Å²) in [6.07, 6.45) is -1.24. The summed E-state index contributed by atoms with van der Waals surface area (Å²) in [6, 6.07) is 16.7. The molecule has 0 amide bonds. The van der Waals surface area contributed by atoms with Gasteiger partial charge >= 0.3 is 11.9 Å². The quantitative estimate of drug-likeness (QED) is 0.156. The molecule has 39 heavy (non-hydrogen) atoms. The van der Waals surface area contributed by atoms with Crippen molar-refractivity contribution in [3.8, 4) is 0 Å². The number of halogens is 4. The van der Waals surface area contributed by atoms with Gasteiger partial charge in [0.05, 0.1) is 34.3 Å². The van der Waals surface area contributed by atoms with E-state index in [2.05, 4.69) is 0 Å². The van der Waals surface area contributed by atoms with Gasteiger partial charge in [0.1, 0.15) is 0 Å². The summed E-state index contributed by atoms with van der Waals surface area (Å²) in [7, 11) is 2.82. The molecule has 7 nitrogen and oxygen atoms in total. The van der Waals surface area contributed by atoms with Crippen molar-refractivity contribution in [1.82, 2.24) is 0 Å². The number of hydrogen-bond donors (Lipinski definition) is 0. The number of carbonyl (C=O) groups is 2. The van der Waals surface area contributed by atoms with Gasteiger partial charge in [0.25, 0.3) is 0 Å². The van der Waals surface area contributed by atoms with Crippen LogP contribution in [0.15, 0.2) is 60.7 Å². The second-order valence-corrected chi connectivity index (χ2v) is 10.0. The third-order valence-corrected chi connectivity index (χ3v) is 6.85. The summed E-state index contributed by atoms with van der Waals surface area (Å²) < 4.78 is 22.1. The van der Waals surface area contributed by atoms with Crippen LogP contribution in [0.2, 0.25) is 20.1 Å². The molecule has 0 N–H and O–H groups in total. The Morgan fingerprint density at radius 3 is 1.67 bits per heavy atom. The Hall–Kier alpha value is -2.52. The fourth-order valence-electron chi connectivity index (χ4n) is 3.61. The Labute approximate surface area is 247 Å². The predicted octanol–water partition coefficient (Wildman–Crippen LogP) is 7.33. The molecule has 0 spiro atoms. The summed E-state index contributed by atoms with van der Waals surface area (Å²) in [4.78, 5) is 27.5. The normalized spacial score (nSPS) is 12.5. The van der Waals surface area contributed by atoms with Gasteiger partial charge < -0.3 is 23.8 Å². The second kappa shape index (κ2) is 14.7. The number of methoxy groups -OCH3 is 2. The summed E-state index contributed by atoms with van der Waals surface area (Å²) >= 11 is 24.4. The molecular weight excluding hydrogens is 588 g/mol. The monoisotopic (exact) mass is 613 g/mol. The number of aryl methyl sites for hydroxylation is 1. The highest BCUT2D eigenvalue weighted by atomic mass is 35.5. The minimum atomic E-state index is -1.02. The third-order valence-electron chi connectivity index (χ3n) is 5.72. The highest BCUT2D eigenvalue weighted by Gasteiger charge is 2.26. The zero-order chi connectivity index (χ0) is 28.5. The average molecular weight is 615 g/mol. The zero-order valence-electron chi connectivity index (χ0n) is 21.5. The van der Waals surface area contributed by atoms with Crippen molar-refractivity contribution in [3.63, 3.8) is 0 Å². The number of benzene rings is 3. The van der Waals surface area contributed by atoms with E-state index in [4.69, 9.17) is 65.4 Å². The van der Waals surface area contributed by atoms with Crippen molar-refractivity contribution in [2.24, 2.45) is 0 Å². The number of carbonyl (C=O) groups excluding carboxylic acids is 2. The fraction of sp³-hybridized carbons (Fsp3) is 0.286. The molecule has 0 saturated heterocycles. The third kappa shape index (κ3) is 8.73. The van der Waals surface area contributed by atoms with E-state index in [1.165, 1.54) is 38.5 Å². The van der Waals surface area contributed by atoms with Crippen molar-refractivity contribution >= 4 is 64.0 Å². The van der Waals surface area contributed by atoms with Crippen LogP contribution in [-0.2, 0) is 25.4 Å². The SMILES string of the molecule is CCc1cccc(N(CC(OC)OC(=O)c2cc(Cl)ccc2Cl)CC(OC)OC(=O)c2cc(Cl)ccc2Cl)c1. The maximum absolute atomic E-state index is 12.9. The Balaban J connectivity index is 1.83. The first-order chi connectivity index (χ1) is 18.6. The number of hydrogen-bond acceptors (Lipinski definition) is 7. The van der Waals surface area contributed by atoms with Gasteiger partial charge in [0, 0.05) is 30.0 Å². The molecule has 0 aromatic heterocycles. The largest absolute Gasteiger partial charge is 0.430 e. The summed E-state index contributed by atoms with van der Waals surface area (Å²) in [5.41, 5.74) is 2.05. The minimum absolute atomic E-state index is 0.0723. The van der Waals surface area contributed by atoms with Crippen LogP contribution in [-0.4, -0.2) is 51.8 Å². The molecule has 2 unspecified atom stereocenters. The average Bonchev–Trinajstić information content (AvgIpc) is 2.93. The van der Waals surface area contributed by atoms with E-state index in [9.17, 15) is 9.59 Å². The molecule has 0 fully saturated rings. The standard InChI is InChI=1S/C28H27Cl4NO6/c1-4-17-6-5-7-20(12-17)33(15-25(36-2)38-27(34)21-13-18(29)8-10-23(21)31)16-26(37-3)39-28(35)22-14-19(30)9-11-24(22)32/h5-14,25-26H,4,15-16H2,1-3H3. The van der Waals surface area contributed by atoms with Gasteiger partial charge in [0.15, 0.2) is 0 Å².